The summed E-state index contributed by atoms with van der Waals surface area (Å²) in [5.41, 5.74) is 0. The van der Waals surface area contributed by atoms with Crippen LogP contribution in [0.15, 0.2) is 0 Å². The second-order valence-electron chi connectivity index (χ2n) is 3.76. The smallest absolute Gasteiger partial charge is 0.408 e. The van der Waals surface area contributed by atoms with Gasteiger partial charge in [0.2, 0.25) is 0 Å². The maximum absolute atomic E-state index is 11.5. The van der Waals surface area contributed by atoms with E-state index in [0.717, 1.165) is 11.5 Å². The first kappa shape index (κ1) is 11.9. The van der Waals surface area contributed by atoms with Crippen LogP contribution in [0.25, 0.3) is 0 Å². The molecular weight excluding hydrogens is 250 g/mol. The number of hydrogen-bond donors (Lipinski definition) is 1. The summed E-state index contributed by atoms with van der Waals surface area (Å²) in [6.45, 7) is 0.414. The summed E-state index contributed by atoms with van der Waals surface area (Å²) >= 11 is 3.51. The van der Waals surface area contributed by atoms with E-state index in [4.69, 9.17) is 5.11 Å². The number of hydrogen-bond acceptors (Lipinski definition) is 5. The first-order valence-corrected chi connectivity index (χ1v) is 6.90. The third kappa shape index (κ3) is 1.98. The highest BCUT2D eigenvalue weighted by atomic mass is 32.2. The fraction of sp³-hybridized carbons (Fsp3) is 0.778. The zero-order valence-corrected chi connectivity index (χ0v) is 10.5. The Morgan fingerprint density at radius 1 is 1.44 bits per heavy atom. The number of ether oxygens (including phenoxy) is 1. The van der Waals surface area contributed by atoms with Crippen molar-refractivity contribution in [2.45, 2.75) is 16.5 Å². The number of carbonyl (C=O) groups excluding carboxylic acids is 1. The molecule has 0 saturated carbocycles. The van der Waals surface area contributed by atoms with Crippen LogP contribution in [-0.2, 0) is 9.53 Å². The number of thioether (sulfide) groups is 2. The van der Waals surface area contributed by atoms with Crippen LogP contribution in [0.3, 0.4) is 0 Å². The number of rotatable bonds is 1. The second-order valence-corrected chi connectivity index (χ2v) is 6.98. The Morgan fingerprint density at radius 2 is 2.06 bits per heavy atom. The molecule has 1 amide bonds. The minimum atomic E-state index is -1.04. The Kier molecular flexibility index (Phi) is 3.25. The summed E-state index contributed by atoms with van der Waals surface area (Å²) in [5.74, 6) is 1.59. The summed E-state index contributed by atoms with van der Waals surface area (Å²) in [7, 11) is 1.29. The fourth-order valence-corrected chi connectivity index (χ4v) is 5.35. The molecule has 2 heterocycles. The lowest BCUT2D eigenvalue weighted by molar-refractivity contribution is -0.145. The molecule has 2 saturated heterocycles. The Morgan fingerprint density at radius 3 is 2.56 bits per heavy atom. The van der Waals surface area contributed by atoms with Gasteiger partial charge in [-0.15, -0.1) is 23.5 Å². The predicted molar refractivity (Wildman–Crippen MR) is 62.8 cm³/mol. The van der Waals surface area contributed by atoms with Crippen molar-refractivity contribution < 1.29 is 19.4 Å². The summed E-state index contributed by atoms with van der Waals surface area (Å²) in [5, 5.41) is 9.07. The lowest BCUT2D eigenvalue weighted by Crippen LogP contribution is -2.40. The molecule has 0 aromatic carbocycles. The molecular formula is C9H13NO4S2. The van der Waals surface area contributed by atoms with Crippen molar-refractivity contribution in [2.24, 2.45) is 0 Å². The van der Waals surface area contributed by atoms with Gasteiger partial charge in [-0.05, 0) is 0 Å². The molecule has 90 valence electrons. The highest BCUT2D eigenvalue weighted by Gasteiger charge is 2.51. The zero-order valence-electron chi connectivity index (χ0n) is 8.84. The van der Waals surface area contributed by atoms with E-state index in [-0.39, 0.29) is 4.08 Å². The Labute approximate surface area is 102 Å². The fourth-order valence-electron chi connectivity index (χ4n) is 2.09. The van der Waals surface area contributed by atoms with Crippen molar-refractivity contribution in [2.75, 3.05) is 25.2 Å². The van der Waals surface area contributed by atoms with Crippen LogP contribution in [0.1, 0.15) is 6.42 Å². The first-order valence-electron chi connectivity index (χ1n) is 4.93. The molecule has 0 unspecified atom stereocenters. The number of likely N-dealkylation sites (tertiary alicyclic amines) is 1. The number of carbonyl (C=O) groups is 2. The standard InChI is InChI=1S/C9H13NO4S2/c1-14-7(11)6-4-9(15-2-3-16-9)5-10(6)8(12)13/h6H,2-5H2,1H3,(H,12,13)/t6-/m0/s1. The van der Waals surface area contributed by atoms with Crippen molar-refractivity contribution in [1.29, 1.82) is 0 Å². The van der Waals surface area contributed by atoms with Crippen LogP contribution in [-0.4, -0.2) is 57.4 Å². The summed E-state index contributed by atoms with van der Waals surface area (Å²) < 4.78 is 4.53. The SMILES string of the molecule is COC(=O)[C@@H]1CC2(CN1C(=O)O)SCCS2. The molecule has 0 aromatic heterocycles. The van der Waals surface area contributed by atoms with E-state index in [9.17, 15) is 9.59 Å². The molecule has 2 fully saturated rings. The van der Waals surface area contributed by atoms with Gasteiger partial charge in [0.1, 0.15) is 6.04 Å². The van der Waals surface area contributed by atoms with E-state index in [0.29, 0.717) is 13.0 Å². The van der Waals surface area contributed by atoms with Gasteiger partial charge in [0.25, 0.3) is 0 Å². The van der Waals surface area contributed by atoms with Gasteiger partial charge in [-0.1, -0.05) is 0 Å². The molecule has 0 aromatic rings. The van der Waals surface area contributed by atoms with Crippen molar-refractivity contribution in [3.8, 4) is 0 Å². The molecule has 0 aliphatic carbocycles. The number of nitrogens with zero attached hydrogens (tertiary/aromatic N) is 1. The van der Waals surface area contributed by atoms with Gasteiger partial charge in [-0.25, -0.2) is 9.59 Å². The molecule has 16 heavy (non-hydrogen) atoms. The average molecular weight is 263 g/mol. The van der Waals surface area contributed by atoms with Gasteiger partial charge >= 0.3 is 12.1 Å². The van der Waals surface area contributed by atoms with Gasteiger partial charge in [0, 0.05) is 24.5 Å². The molecule has 5 nitrogen and oxygen atoms in total. The van der Waals surface area contributed by atoms with Crippen LogP contribution in [0.4, 0.5) is 4.79 Å². The van der Waals surface area contributed by atoms with E-state index in [1.807, 2.05) is 0 Å². The van der Waals surface area contributed by atoms with Crippen LogP contribution >= 0.6 is 23.5 Å². The van der Waals surface area contributed by atoms with Gasteiger partial charge in [0.05, 0.1) is 11.2 Å². The maximum Gasteiger partial charge on any atom is 0.408 e. The minimum absolute atomic E-state index is 0.128. The largest absolute Gasteiger partial charge is 0.467 e. The van der Waals surface area contributed by atoms with E-state index < -0.39 is 18.1 Å². The molecule has 1 atom stereocenters. The monoisotopic (exact) mass is 263 g/mol. The van der Waals surface area contributed by atoms with Gasteiger partial charge in [-0.2, -0.15) is 0 Å². The summed E-state index contributed by atoms with van der Waals surface area (Å²) in [4.78, 5) is 23.8. The third-order valence-electron chi connectivity index (χ3n) is 2.82. The van der Waals surface area contributed by atoms with E-state index >= 15 is 0 Å². The first-order chi connectivity index (χ1) is 7.58. The van der Waals surface area contributed by atoms with Gasteiger partial charge < -0.3 is 9.84 Å². The quantitative estimate of drug-likeness (QED) is 0.714. The van der Waals surface area contributed by atoms with E-state index in [1.54, 1.807) is 23.5 Å². The van der Waals surface area contributed by atoms with Crippen molar-refractivity contribution in [3.05, 3.63) is 0 Å². The molecule has 2 aliphatic heterocycles. The third-order valence-corrected chi connectivity index (χ3v) is 6.25. The summed E-state index contributed by atoms with van der Waals surface area (Å²) in [6.07, 6.45) is -0.484. The molecule has 7 heteroatoms. The van der Waals surface area contributed by atoms with E-state index in [1.165, 1.54) is 12.0 Å². The van der Waals surface area contributed by atoms with Crippen LogP contribution in [0, 0.1) is 0 Å². The normalized spacial score (nSPS) is 27.3. The van der Waals surface area contributed by atoms with Crippen molar-refractivity contribution in [1.82, 2.24) is 4.90 Å². The molecule has 2 rings (SSSR count). The maximum atomic E-state index is 11.5. The van der Waals surface area contributed by atoms with Crippen molar-refractivity contribution >= 4 is 35.6 Å². The predicted octanol–water partition coefficient (Wildman–Crippen LogP) is 1.09. The Balaban J connectivity index is 2.17. The van der Waals surface area contributed by atoms with Gasteiger partial charge in [0.15, 0.2) is 0 Å². The van der Waals surface area contributed by atoms with Crippen molar-refractivity contribution in [3.63, 3.8) is 0 Å². The Bertz CT molecular complexity index is 317. The molecule has 2 aliphatic rings. The molecule has 1 N–H and O–H groups in total. The van der Waals surface area contributed by atoms with Crippen LogP contribution < -0.4 is 0 Å². The number of methoxy groups -OCH3 is 1. The van der Waals surface area contributed by atoms with Crippen LogP contribution in [0.2, 0.25) is 0 Å². The molecule has 1 spiro atoms. The molecule has 0 radical (unpaired) electrons. The highest BCUT2D eigenvalue weighted by Crippen LogP contribution is 2.51. The van der Waals surface area contributed by atoms with E-state index in [2.05, 4.69) is 4.74 Å². The average Bonchev–Trinajstić information content (AvgIpc) is 2.86. The number of amides is 1. The lowest BCUT2D eigenvalue weighted by Gasteiger charge is -2.20. The summed E-state index contributed by atoms with van der Waals surface area (Å²) in [6, 6.07) is -0.638. The zero-order chi connectivity index (χ0) is 11.8. The highest BCUT2D eigenvalue weighted by molar-refractivity contribution is 8.21. The van der Waals surface area contributed by atoms with Gasteiger partial charge in [-0.3, -0.25) is 4.90 Å². The lowest BCUT2D eigenvalue weighted by atomic mass is 10.2. The van der Waals surface area contributed by atoms with Crippen LogP contribution in [0.5, 0.6) is 0 Å². The number of carboxylic acid groups (broad SMARTS) is 1. The Hall–Kier alpha value is -0.560. The topological polar surface area (TPSA) is 66.8 Å². The minimum Gasteiger partial charge on any atom is -0.467 e. The number of esters is 1. The molecule has 0 bridgehead atoms. The second kappa shape index (κ2) is 4.37.